The minimum atomic E-state index is -2.21. The van der Waals surface area contributed by atoms with Crippen molar-refractivity contribution in [2.75, 3.05) is 13.7 Å². The standard InChI is InChI=1S/C28H36FN3O4/c1-28(29,27(30)35)14-12-20(16-22(33)9-8-19-6-4-3-5-7-19)26(34)31-15-13-21-18-32-25-17-23(36-2)10-11-24(21)25/h3-7,10-11,17-18,20,22,32-33H,8-9,12-16H2,1-2H3,(H2,30,35)(H,31,34)/t20-,22+,28?/m1/s1. The number of aliphatic hydroxyl groups is 1. The average Bonchev–Trinajstić information content (AvgIpc) is 3.27. The van der Waals surface area contributed by atoms with Crippen molar-refractivity contribution in [2.24, 2.45) is 11.7 Å². The SMILES string of the molecule is COc1ccc2c(CCNC(=O)[C@H](CCC(C)(F)C(N)=O)C[C@@H](O)CCc3ccccc3)c[nH]c2c1. The van der Waals surface area contributed by atoms with Gasteiger partial charge in [-0.25, -0.2) is 4.39 Å². The number of aromatic nitrogens is 1. The maximum Gasteiger partial charge on any atom is 0.254 e. The van der Waals surface area contributed by atoms with Crippen LogP contribution in [0.1, 0.15) is 43.7 Å². The van der Waals surface area contributed by atoms with E-state index in [4.69, 9.17) is 10.5 Å². The van der Waals surface area contributed by atoms with E-state index in [9.17, 15) is 19.1 Å². The summed E-state index contributed by atoms with van der Waals surface area (Å²) in [4.78, 5) is 27.7. The van der Waals surface area contributed by atoms with Crippen molar-refractivity contribution in [2.45, 2.75) is 57.2 Å². The van der Waals surface area contributed by atoms with Gasteiger partial charge < -0.3 is 25.9 Å². The number of halogens is 1. The number of H-pyrrole nitrogens is 1. The molecule has 8 heteroatoms. The highest BCUT2D eigenvalue weighted by Crippen LogP contribution is 2.25. The van der Waals surface area contributed by atoms with Crippen LogP contribution in [0.4, 0.5) is 4.39 Å². The number of hydrogen-bond donors (Lipinski definition) is 4. The van der Waals surface area contributed by atoms with Crippen LogP contribution in [-0.4, -0.2) is 47.3 Å². The molecule has 0 saturated carbocycles. The first-order valence-electron chi connectivity index (χ1n) is 12.3. The van der Waals surface area contributed by atoms with Crippen LogP contribution in [0, 0.1) is 5.92 Å². The number of carbonyl (C=O) groups is 2. The minimum absolute atomic E-state index is 0.108. The Labute approximate surface area is 211 Å². The maximum absolute atomic E-state index is 14.5. The normalized spacial score (nSPS) is 14.7. The van der Waals surface area contributed by atoms with Crippen LogP contribution in [0.2, 0.25) is 0 Å². The molecule has 0 spiro atoms. The average molecular weight is 498 g/mol. The van der Waals surface area contributed by atoms with E-state index in [0.29, 0.717) is 25.8 Å². The molecule has 0 radical (unpaired) electrons. The zero-order valence-electron chi connectivity index (χ0n) is 20.9. The summed E-state index contributed by atoms with van der Waals surface area (Å²) < 4.78 is 19.8. The van der Waals surface area contributed by atoms with E-state index in [-0.39, 0.29) is 25.2 Å². The highest BCUT2D eigenvalue weighted by atomic mass is 19.1. The van der Waals surface area contributed by atoms with Crippen LogP contribution in [-0.2, 0) is 22.4 Å². The van der Waals surface area contributed by atoms with Crippen molar-refractivity contribution >= 4 is 22.7 Å². The number of aryl methyl sites for hydroxylation is 1. The number of alkyl halides is 1. The van der Waals surface area contributed by atoms with Gasteiger partial charge in [0.1, 0.15) is 5.75 Å². The molecule has 3 rings (SSSR count). The second-order valence-corrected chi connectivity index (χ2v) is 9.48. The molecule has 2 aromatic carbocycles. The minimum Gasteiger partial charge on any atom is -0.497 e. The number of benzene rings is 2. The van der Waals surface area contributed by atoms with Gasteiger partial charge in [-0.15, -0.1) is 0 Å². The van der Waals surface area contributed by atoms with Crippen molar-refractivity contribution in [3.05, 3.63) is 65.9 Å². The molecule has 1 aromatic heterocycles. The Balaban J connectivity index is 1.59. The van der Waals surface area contributed by atoms with Gasteiger partial charge in [0.2, 0.25) is 5.91 Å². The van der Waals surface area contributed by atoms with Crippen molar-refractivity contribution in [3.63, 3.8) is 0 Å². The highest BCUT2D eigenvalue weighted by molar-refractivity contribution is 5.85. The summed E-state index contributed by atoms with van der Waals surface area (Å²) in [5.74, 6) is -1.20. The zero-order valence-corrected chi connectivity index (χ0v) is 20.9. The molecule has 0 bridgehead atoms. The van der Waals surface area contributed by atoms with E-state index in [1.807, 2.05) is 54.7 Å². The fourth-order valence-corrected chi connectivity index (χ4v) is 4.31. The van der Waals surface area contributed by atoms with Crippen LogP contribution < -0.4 is 15.8 Å². The van der Waals surface area contributed by atoms with E-state index in [1.54, 1.807) is 7.11 Å². The third kappa shape index (κ3) is 7.55. The fourth-order valence-electron chi connectivity index (χ4n) is 4.31. The summed E-state index contributed by atoms with van der Waals surface area (Å²) in [7, 11) is 1.62. The monoisotopic (exact) mass is 497 g/mol. The van der Waals surface area contributed by atoms with E-state index in [1.165, 1.54) is 0 Å². The largest absolute Gasteiger partial charge is 0.497 e. The van der Waals surface area contributed by atoms with Gasteiger partial charge in [0.05, 0.1) is 13.2 Å². The number of primary amides is 1. The summed E-state index contributed by atoms with van der Waals surface area (Å²) >= 11 is 0. The topological polar surface area (TPSA) is 117 Å². The van der Waals surface area contributed by atoms with Gasteiger partial charge >= 0.3 is 0 Å². The van der Waals surface area contributed by atoms with Crippen LogP contribution >= 0.6 is 0 Å². The molecule has 0 aliphatic heterocycles. The summed E-state index contributed by atoms with van der Waals surface area (Å²) in [5.41, 5.74) is 6.06. The number of hydrogen-bond acceptors (Lipinski definition) is 4. The Kier molecular flexibility index (Phi) is 9.47. The van der Waals surface area contributed by atoms with E-state index < -0.39 is 23.6 Å². The molecule has 194 valence electrons. The van der Waals surface area contributed by atoms with E-state index in [2.05, 4.69) is 10.3 Å². The Hall–Kier alpha value is -3.39. The molecule has 0 aliphatic carbocycles. The van der Waals surface area contributed by atoms with Crippen molar-refractivity contribution in [1.82, 2.24) is 10.3 Å². The van der Waals surface area contributed by atoms with Gasteiger partial charge in [-0.1, -0.05) is 30.3 Å². The quantitative estimate of drug-likeness (QED) is 0.271. The first kappa shape index (κ1) is 27.2. The molecule has 5 N–H and O–H groups in total. The smallest absolute Gasteiger partial charge is 0.254 e. The van der Waals surface area contributed by atoms with Gasteiger partial charge in [-0.2, -0.15) is 0 Å². The molecule has 0 aliphatic rings. The van der Waals surface area contributed by atoms with Crippen LogP contribution in [0.5, 0.6) is 5.75 Å². The van der Waals surface area contributed by atoms with Crippen LogP contribution in [0.15, 0.2) is 54.7 Å². The Bertz CT molecular complexity index is 1150. The number of amides is 2. The Morgan fingerprint density at radius 1 is 1.17 bits per heavy atom. The maximum atomic E-state index is 14.5. The predicted octanol–water partition coefficient (Wildman–Crippen LogP) is 3.83. The van der Waals surface area contributed by atoms with Crippen LogP contribution in [0.25, 0.3) is 10.9 Å². The summed E-state index contributed by atoms with van der Waals surface area (Å²) in [5, 5.41) is 14.6. The van der Waals surface area contributed by atoms with Crippen molar-refractivity contribution in [3.8, 4) is 5.75 Å². The number of aromatic amines is 1. The third-order valence-corrected chi connectivity index (χ3v) is 6.68. The van der Waals surface area contributed by atoms with E-state index >= 15 is 0 Å². The lowest BCUT2D eigenvalue weighted by Crippen LogP contribution is -2.39. The second-order valence-electron chi connectivity index (χ2n) is 9.48. The second kappa shape index (κ2) is 12.5. The van der Waals surface area contributed by atoms with Gasteiger partial charge in [0.15, 0.2) is 5.67 Å². The molecular weight excluding hydrogens is 461 g/mol. The summed E-state index contributed by atoms with van der Waals surface area (Å²) in [6.45, 7) is 1.51. The number of fused-ring (bicyclic) bond motifs is 1. The molecule has 7 nitrogen and oxygen atoms in total. The first-order chi connectivity index (χ1) is 17.2. The first-order valence-corrected chi connectivity index (χ1v) is 12.3. The molecular formula is C28H36FN3O4. The molecule has 1 unspecified atom stereocenters. The lowest BCUT2D eigenvalue weighted by Gasteiger charge is -2.23. The molecule has 3 atom stereocenters. The zero-order chi connectivity index (χ0) is 26.1. The molecule has 0 fully saturated rings. The third-order valence-electron chi connectivity index (χ3n) is 6.68. The molecule has 36 heavy (non-hydrogen) atoms. The van der Waals surface area contributed by atoms with Gasteiger partial charge in [0.25, 0.3) is 5.91 Å². The van der Waals surface area contributed by atoms with Gasteiger partial charge in [0, 0.05) is 35.6 Å². The lowest BCUT2D eigenvalue weighted by atomic mass is 9.88. The summed E-state index contributed by atoms with van der Waals surface area (Å²) in [6, 6.07) is 15.6. The molecule has 3 aromatic rings. The number of methoxy groups -OCH3 is 1. The number of aliphatic hydroxyl groups excluding tert-OH is 1. The van der Waals surface area contributed by atoms with Gasteiger partial charge in [-0.3, -0.25) is 9.59 Å². The molecule has 2 amide bonds. The Morgan fingerprint density at radius 2 is 1.92 bits per heavy atom. The number of nitrogens with one attached hydrogen (secondary N) is 2. The number of rotatable bonds is 14. The van der Waals surface area contributed by atoms with Gasteiger partial charge in [-0.05, 0) is 68.7 Å². The predicted molar refractivity (Wildman–Crippen MR) is 138 cm³/mol. The lowest BCUT2D eigenvalue weighted by molar-refractivity contribution is -0.131. The highest BCUT2D eigenvalue weighted by Gasteiger charge is 2.33. The van der Waals surface area contributed by atoms with Crippen LogP contribution in [0.3, 0.4) is 0 Å². The molecule has 0 saturated heterocycles. The fraction of sp³-hybridized carbons (Fsp3) is 0.429. The van der Waals surface area contributed by atoms with E-state index in [0.717, 1.165) is 34.7 Å². The van der Waals surface area contributed by atoms with Crippen molar-refractivity contribution < 1.29 is 23.8 Å². The summed E-state index contributed by atoms with van der Waals surface area (Å²) in [6.07, 6.45) is 3.03. The number of carbonyl (C=O) groups excluding carboxylic acids is 2. The molecule has 1 heterocycles. The number of nitrogens with two attached hydrogens (primary N) is 1. The van der Waals surface area contributed by atoms with Crippen molar-refractivity contribution in [1.29, 1.82) is 0 Å². The number of ether oxygens (including phenoxy) is 1. The Morgan fingerprint density at radius 3 is 2.61 bits per heavy atom.